The molecule has 0 fully saturated rings. The third kappa shape index (κ3) is 1.63. The summed E-state index contributed by atoms with van der Waals surface area (Å²) < 4.78 is 0. The number of amides is 1. The van der Waals surface area contributed by atoms with E-state index < -0.39 is 0 Å². The fraction of sp³-hybridized carbons (Fsp3) is 0.308. The van der Waals surface area contributed by atoms with E-state index in [1.807, 2.05) is 24.3 Å². The summed E-state index contributed by atoms with van der Waals surface area (Å²) in [7, 11) is 0. The lowest BCUT2D eigenvalue weighted by atomic mass is 9.97. The third-order valence-electron chi connectivity index (χ3n) is 2.89. The highest BCUT2D eigenvalue weighted by Crippen LogP contribution is 2.38. The molecule has 0 radical (unpaired) electrons. The first-order valence-electron chi connectivity index (χ1n) is 5.41. The van der Waals surface area contributed by atoms with E-state index in [1.165, 1.54) is 0 Å². The van der Waals surface area contributed by atoms with Crippen LogP contribution in [-0.2, 0) is 4.79 Å². The minimum Gasteiger partial charge on any atom is -0.395 e. The molecule has 1 atom stereocenters. The van der Waals surface area contributed by atoms with E-state index >= 15 is 0 Å². The molecule has 1 aromatic rings. The van der Waals surface area contributed by atoms with E-state index in [0.29, 0.717) is 13.0 Å². The maximum absolute atomic E-state index is 12.1. The number of β-amino-alcohol motifs (C(OH)–C–C–N with tert-alkyl or cyclic N) is 1. The molecule has 0 bridgehead atoms. The monoisotopic (exact) mass is 217 g/mol. The molecule has 2 rings (SSSR count). The summed E-state index contributed by atoms with van der Waals surface area (Å²) in [5.41, 5.74) is 1.97. The Bertz CT molecular complexity index is 414. The maximum atomic E-state index is 12.1. The lowest BCUT2D eigenvalue weighted by Gasteiger charge is -2.16. The SMILES string of the molecule is C=CCC1C(=O)N(CCO)c2ccccc21. The van der Waals surface area contributed by atoms with E-state index in [2.05, 4.69) is 6.58 Å². The number of allylic oxidation sites excluding steroid dienone is 1. The van der Waals surface area contributed by atoms with Crippen molar-refractivity contribution in [2.24, 2.45) is 0 Å². The fourth-order valence-electron chi connectivity index (χ4n) is 2.19. The number of aliphatic hydroxyl groups excluding tert-OH is 1. The molecule has 0 saturated carbocycles. The molecule has 0 saturated heterocycles. The lowest BCUT2D eigenvalue weighted by Crippen LogP contribution is -2.31. The molecule has 1 heterocycles. The normalized spacial score (nSPS) is 18.7. The van der Waals surface area contributed by atoms with Gasteiger partial charge in [0.05, 0.1) is 12.5 Å². The van der Waals surface area contributed by atoms with Crippen molar-refractivity contribution in [2.45, 2.75) is 12.3 Å². The molecular formula is C13H15NO2. The van der Waals surface area contributed by atoms with Gasteiger partial charge in [-0.1, -0.05) is 24.3 Å². The largest absolute Gasteiger partial charge is 0.395 e. The Morgan fingerprint density at radius 2 is 2.19 bits per heavy atom. The average molecular weight is 217 g/mol. The van der Waals surface area contributed by atoms with Gasteiger partial charge < -0.3 is 10.0 Å². The van der Waals surface area contributed by atoms with Gasteiger partial charge in [0.25, 0.3) is 0 Å². The fourth-order valence-corrected chi connectivity index (χ4v) is 2.19. The molecule has 84 valence electrons. The van der Waals surface area contributed by atoms with E-state index in [0.717, 1.165) is 11.3 Å². The smallest absolute Gasteiger partial charge is 0.235 e. The van der Waals surface area contributed by atoms with E-state index in [9.17, 15) is 4.79 Å². The van der Waals surface area contributed by atoms with Crippen molar-refractivity contribution in [3.05, 3.63) is 42.5 Å². The Labute approximate surface area is 95.0 Å². The van der Waals surface area contributed by atoms with Gasteiger partial charge >= 0.3 is 0 Å². The number of rotatable bonds is 4. The van der Waals surface area contributed by atoms with Crippen LogP contribution in [0.5, 0.6) is 0 Å². The molecule has 3 heteroatoms. The number of fused-ring (bicyclic) bond motifs is 1. The van der Waals surface area contributed by atoms with Gasteiger partial charge in [-0.15, -0.1) is 6.58 Å². The van der Waals surface area contributed by atoms with Crippen LogP contribution in [0, 0.1) is 0 Å². The standard InChI is InChI=1S/C13H15NO2/c1-2-5-11-10-6-3-4-7-12(10)14(8-9-15)13(11)16/h2-4,6-7,11,15H,1,5,8-9H2. The van der Waals surface area contributed by atoms with Crippen molar-refractivity contribution in [3.63, 3.8) is 0 Å². The Hall–Kier alpha value is -1.61. The van der Waals surface area contributed by atoms with Crippen LogP contribution in [0.1, 0.15) is 17.9 Å². The summed E-state index contributed by atoms with van der Waals surface area (Å²) in [5, 5.41) is 8.97. The van der Waals surface area contributed by atoms with E-state index in [4.69, 9.17) is 5.11 Å². The van der Waals surface area contributed by atoms with Crippen LogP contribution in [0.25, 0.3) is 0 Å². The second kappa shape index (κ2) is 4.49. The highest BCUT2D eigenvalue weighted by Gasteiger charge is 2.35. The molecule has 0 spiro atoms. The topological polar surface area (TPSA) is 40.5 Å². The van der Waals surface area contributed by atoms with Crippen LogP contribution >= 0.6 is 0 Å². The zero-order valence-electron chi connectivity index (χ0n) is 9.10. The number of carbonyl (C=O) groups excluding carboxylic acids is 1. The minimum atomic E-state index is -0.125. The highest BCUT2D eigenvalue weighted by atomic mass is 16.3. The van der Waals surface area contributed by atoms with Crippen LogP contribution in [0.15, 0.2) is 36.9 Å². The number of para-hydroxylation sites is 1. The first kappa shape index (κ1) is 10.9. The Morgan fingerprint density at radius 3 is 2.88 bits per heavy atom. The van der Waals surface area contributed by atoms with Crippen molar-refractivity contribution in [1.29, 1.82) is 0 Å². The Morgan fingerprint density at radius 1 is 1.44 bits per heavy atom. The van der Waals surface area contributed by atoms with E-state index in [1.54, 1.807) is 11.0 Å². The predicted octanol–water partition coefficient (Wildman–Crippen LogP) is 1.69. The lowest BCUT2D eigenvalue weighted by molar-refractivity contribution is -0.119. The molecule has 1 aliphatic heterocycles. The number of hydrogen-bond donors (Lipinski definition) is 1. The van der Waals surface area contributed by atoms with Gasteiger partial charge in [-0.05, 0) is 18.1 Å². The molecule has 1 aliphatic rings. The highest BCUT2D eigenvalue weighted by molar-refractivity contribution is 6.05. The second-order valence-electron chi connectivity index (χ2n) is 3.85. The average Bonchev–Trinajstić information content (AvgIpc) is 2.56. The van der Waals surface area contributed by atoms with Crippen LogP contribution in [0.2, 0.25) is 0 Å². The van der Waals surface area contributed by atoms with Gasteiger partial charge in [0.1, 0.15) is 0 Å². The Kier molecular flexibility index (Phi) is 3.06. The zero-order valence-corrected chi connectivity index (χ0v) is 9.10. The van der Waals surface area contributed by atoms with Gasteiger partial charge in [0, 0.05) is 12.2 Å². The molecule has 1 N–H and O–H groups in total. The van der Waals surface area contributed by atoms with Crippen molar-refractivity contribution < 1.29 is 9.90 Å². The van der Waals surface area contributed by atoms with Crippen LogP contribution in [0.3, 0.4) is 0 Å². The van der Waals surface area contributed by atoms with Crippen LogP contribution < -0.4 is 4.90 Å². The molecule has 0 aliphatic carbocycles. The summed E-state index contributed by atoms with van der Waals surface area (Å²) in [6.07, 6.45) is 2.42. The predicted molar refractivity (Wildman–Crippen MR) is 63.4 cm³/mol. The molecule has 16 heavy (non-hydrogen) atoms. The third-order valence-corrected chi connectivity index (χ3v) is 2.89. The van der Waals surface area contributed by atoms with Gasteiger partial charge in [0.2, 0.25) is 5.91 Å². The minimum absolute atomic E-state index is 0.0130. The molecular weight excluding hydrogens is 202 g/mol. The van der Waals surface area contributed by atoms with Crippen molar-refractivity contribution in [1.82, 2.24) is 0 Å². The number of nitrogens with zero attached hydrogens (tertiary/aromatic N) is 1. The summed E-state index contributed by atoms with van der Waals surface area (Å²) in [4.78, 5) is 13.8. The van der Waals surface area contributed by atoms with Gasteiger partial charge in [-0.2, -0.15) is 0 Å². The number of benzene rings is 1. The Balaban J connectivity index is 2.39. The molecule has 1 unspecified atom stereocenters. The van der Waals surface area contributed by atoms with Crippen LogP contribution in [0.4, 0.5) is 5.69 Å². The van der Waals surface area contributed by atoms with Gasteiger partial charge in [-0.3, -0.25) is 4.79 Å². The zero-order chi connectivity index (χ0) is 11.5. The summed E-state index contributed by atoms with van der Waals surface area (Å²) in [6.45, 7) is 4.03. The van der Waals surface area contributed by atoms with Crippen molar-refractivity contribution in [2.75, 3.05) is 18.1 Å². The molecule has 0 aromatic heterocycles. The molecule has 3 nitrogen and oxygen atoms in total. The number of aliphatic hydroxyl groups is 1. The van der Waals surface area contributed by atoms with Crippen molar-refractivity contribution in [3.8, 4) is 0 Å². The summed E-state index contributed by atoms with van der Waals surface area (Å²) in [5.74, 6) is -0.0598. The quantitative estimate of drug-likeness (QED) is 0.779. The van der Waals surface area contributed by atoms with Gasteiger partial charge in [-0.25, -0.2) is 0 Å². The van der Waals surface area contributed by atoms with Crippen LogP contribution in [-0.4, -0.2) is 24.2 Å². The first-order chi connectivity index (χ1) is 7.79. The number of hydrogen-bond acceptors (Lipinski definition) is 2. The summed E-state index contributed by atoms with van der Waals surface area (Å²) in [6, 6.07) is 7.74. The van der Waals surface area contributed by atoms with Crippen molar-refractivity contribution >= 4 is 11.6 Å². The van der Waals surface area contributed by atoms with Gasteiger partial charge in [0.15, 0.2) is 0 Å². The second-order valence-corrected chi connectivity index (χ2v) is 3.85. The molecule has 1 amide bonds. The van der Waals surface area contributed by atoms with E-state index in [-0.39, 0.29) is 18.4 Å². The number of carbonyl (C=O) groups is 1. The first-order valence-corrected chi connectivity index (χ1v) is 5.41. The summed E-state index contributed by atoms with van der Waals surface area (Å²) >= 11 is 0. The molecule has 1 aromatic carbocycles. The maximum Gasteiger partial charge on any atom is 0.235 e. The number of anilines is 1.